The maximum Gasteiger partial charge on any atom is 0.269 e. The molecule has 7 nitrogen and oxygen atoms in total. The average molecular weight is 414 g/mol. The van der Waals surface area contributed by atoms with Gasteiger partial charge < -0.3 is 10.3 Å². The van der Waals surface area contributed by atoms with Crippen LogP contribution in [0.3, 0.4) is 0 Å². The first-order chi connectivity index (χ1) is 15.1. The van der Waals surface area contributed by atoms with Gasteiger partial charge in [0.25, 0.3) is 5.69 Å². The molecule has 0 saturated carbocycles. The van der Waals surface area contributed by atoms with Crippen molar-refractivity contribution in [1.82, 2.24) is 15.3 Å². The molecule has 2 aromatic heterocycles. The third kappa shape index (κ3) is 4.78. The van der Waals surface area contributed by atoms with E-state index in [-0.39, 0.29) is 23.9 Å². The van der Waals surface area contributed by atoms with Gasteiger partial charge in [-0.25, -0.2) is 0 Å². The lowest BCUT2D eigenvalue weighted by atomic mass is 9.88. The van der Waals surface area contributed by atoms with Crippen LogP contribution in [0, 0.1) is 10.1 Å². The number of fused-ring (bicyclic) bond motifs is 1. The molecule has 0 spiro atoms. The molecule has 0 unspecified atom stereocenters. The largest absolute Gasteiger partial charge is 0.361 e. The van der Waals surface area contributed by atoms with E-state index >= 15 is 0 Å². The highest BCUT2D eigenvalue weighted by molar-refractivity contribution is 5.86. The number of aromatic amines is 1. The Kier molecular flexibility index (Phi) is 6.03. The van der Waals surface area contributed by atoms with Gasteiger partial charge in [0.15, 0.2) is 0 Å². The Hall–Kier alpha value is -4.00. The number of aromatic nitrogens is 2. The topological polar surface area (TPSA) is 101 Å². The van der Waals surface area contributed by atoms with Gasteiger partial charge >= 0.3 is 0 Å². The van der Waals surface area contributed by atoms with E-state index in [4.69, 9.17) is 0 Å². The lowest BCUT2D eigenvalue weighted by Gasteiger charge is -2.17. The van der Waals surface area contributed by atoms with E-state index in [1.165, 1.54) is 12.1 Å². The Labute approximate surface area is 179 Å². The summed E-state index contributed by atoms with van der Waals surface area (Å²) < 4.78 is 0. The van der Waals surface area contributed by atoms with Crippen LogP contribution in [0.25, 0.3) is 10.9 Å². The molecule has 7 heteroatoms. The van der Waals surface area contributed by atoms with Gasteiger partial charge in [-0.15, -0.1) is 0 Å². The van der Waals surface area contributed by atoms with Crippen molar-refractivity contribution < 1.29 is 9.72 Å². The second kappa shape index (κ2) is 9.21. The van der Waals surface area contributed by atoms with Crippen LogP contribution in [-0.4, -0.2) is 27.3 Å². The Morgan fingerprint density at radius 1 is 1.06 bits per heavy atom. The minimum Gasteiger partial charge on any atom is -0.361 e. The maximum atomic E-state index is 12.8. The smallest absolute Gasteiger partial charge is 0.269 e. The molecule has 2 aromatic carbocycles. The number of nitrogens with one attached hydrogen (secondary N) is 2. The fourth-order valence-corrected chi connectivity index (χ4v) is 3.75. The molecular formula is C24H22N4O3. The number of carbonyl (C=O) groups is 1. The van der Waals surface area contributed by atoms with Crippen LogP contribution < -0.4 is 5.32 Å². The normalized spacial score (nSPS) is 11.9. The summed E-state index contributed by atoms with van der Waals surface area (Å²) in [6.45, 7) is 0.497. The van der Waals surface area contributed by atoms with Crippen LogP contribution in [0.2, 0.25) is 0 Å². The Morgan fingerprint density at radius 2 is 1.84 bits per heavy atom. The van der Waals surface area contributed by atoms with E-state index in [0.717, 1.165) is 27.7 Å². The van der Waals surface area contributed by atoms with Crippen molar-refractivity contribution in [2.24, 2.45) is 0 Å². The van der Waals surface area contributed by atoms with Gasteiger partial charge in [0, 0.05) is 66.4 Å². The van der Waals surface area contributed by atoms with Crippen molar-refractivity contribution in [1.29, 1.82) is 0 Å². The number of hydrogen-bond acceptors (Lipinski definition) is 4. The molecule has 4 rings (SSSR count). The highest BCUT2D eigenvalue weighted by Crippen LogP contribution is 2.34. The molecule has 0 aliphatic rings. The number of rotatable bonds is 8. The summed E-state index contributed by atoms with van der Waals surface area (Å²) in [5, 5.41) is 15.0. The second-order valence-electron chi connectivity index (χ2n) is 7.32. The molecule has 0 fully saturated rings. The number of pyridine rings is 1. The molecule has 4 aromatic rings. The molecule has 156 valence electrons. The van der Waals surface area contributed by atoms with Gasteiger partial charge in [0.2, 0.25) is 5.91 Å². The van der Waals surface area contributed by atoms with Crippen LogP contribution in [0.4, 0.5) is 5.69 Å². The van der Waals surface area contributed by atoms with Gasteiger partial charge in [-0.3, -0.25) is 19.9 Å². The lowest BCUT2D eigenvalue weighted by Crippen LogP contribution is -2.27. The van der Waals surface area contributed by atoms with Gasteiger partial charge in [0.1, 0.15) is 0 Å². The maximum absolute atomic E-state index is 12.8. The third-order valence-corrected chi connectivity index (χ3v) is 5.32. The summed E-state index contributed by atoms with van der Waals surface area (Å²) in [7, 11) is 0. The molecule has 1 amide bonds. The summed E-state index contributed by atoms with van der Waals surface area (Å²) in [5.41, 5.74) is 3.78. The predicted octanol–water partition coefficient (Wildman–Crippen LogP) is 4.35. The number of amides is 1. The van der Waals surface area contributed by atoms with Crippen LogP contribution in [0.1, 0.15) is 29.2 Å². The minimum absolute atomic E-state index is 0.0289. The number of non-ortho nitro benzene ring substituents is 1. The van der Waals surface area contributed by atoms with Crippen molar-refractivity contribution in [2.75, 3.05) is 6.54 Å². The number of hydrogen-bond donors (Lipinski definition) is 2. The highest BCUT2D eigenvalue weighted by Gasteiger charge is 2.22. The quantitative estimate of drug-likeness (QED) is 0.331. The van der Waals surface area contributed by atoms with E-state index in [1.54, 1.807) is 18.3 Å². The molecule has 0 aliphatic carbocycles. The summed E-state index contributed by atoms with van der Waals surface area (Å²) in [5.74, 6) is -0.309. The van der Waals surface area contributed by atoms with E-state index < -0.39 is 4.92 Å². The number of nitro groups is 1. The predicted molar refractivity (Wildman–Crippen MR) is 119 cm³/mol. The summed E-state index contributed by atoms with van der Waals surface area (Å²) in [4.78, 5) is 30.9. The SMILES string of the molecule is O=C(C[C@H](c1ccc([N+](=O)[O-])cc1)c1c[nH]c2ccccc12)NCCc1ccccn1. The number of nitro benzene ring substituents is 1. The Balaban J connectivity index is 1.55. The van der Waals surface area contributed by atoms with Crippen LogP contribution >= 0.6 is 0 Å². The molecule has 0 aliphatic heterocycles. The molecule has 1 atom stereocenters. The van der Waals surface area contributed by atoms with Crippen LogP contribution in [0.15, 0.2) is 79.1 Å². The fourth-order valence-electron chi connectivity index (χ4n) is 3.75. The number of carbonyl (C=O) groups excluding carboxylic acids is 1. The summed E-state index contributed by atoms with van der Waals surface area (Å²) in [6.07, 6.45) is 4.54. The highest BCUT2D eigenvalue weighted by atomic mass is 16.6. The molecular weight excluding hydrogens is 392 g/mol. The molecule has 2 N–H and O–H groups in total. The second-order valence-corrected chi connectivity index (χ2v) is 7.32. The first kappa shape index (κ1) is 20.3. The molecule has 0 saturated heterocycles. The van der Waals surface area contributed by atoms with Crippen LogP contribution in [0.5, 0.6) is 0 Å². The van der Waals surface area contributed by atoms with E-state index in [0.29, 0.717) is 13.0 Å². The number of para-hydroxylation sites is 1. The van der Waals surface area contributed by atoms with Gasteiger partial charge in [-0.2, -0.15) is 0 Å². The van der Waals surface area contributed by atoms with Crippen molar-refractivity contribution >= 4 is 22.5 Å². The molecule has 0 bridgehead atoms. The Bertz CT molecular complexity index is 1190. The Morgan fingerprint density at radius 3 is 2.58 bits per heavy atom. The third-order valence-electron chi connectivity index (χ3n) is 5.32. The van der Waals surface area contributed by atoms with E-state index in [9.17, 15) is 14.9 Å². The first-order valence-electron chi connectivity index (χ1n) is 10.1. The average Bonchev–Trinajstić information content (AvgIpc) is 3.22. The monoisotopic (exact) mass is 414 g/mol. The van der Waals surface area contributed by atoms with Gasteiger partial charge in [-0.1, -0.05) is 36.4 Å². The zero-order valence-electron chi connectivity index (χ0n) is 16.8. The first-order valence-corrected chi connectivity index (χ1v) is 10.1. The summed E-state index contributed by atoms with van der Waals surface area (Å²) >= 11 is 0. The van der Waals surface area contributed by atoms with Crippen molar-refractivity contribution in [3.63, 3.8) is 0 Å². The van der Waals surface area contributed by atoms with Crippen molar-refractivity contribution in [2.45, 2.75) is 18.8 Å². The van der Waals surface area contributed by atoms with Gasteiger partial charge in [-0.05, 0) is 29.3 Å². The van der Waals surface area contributed by atoms with E-state index in [1.807, 2.05) is 48.7 Å². The zero-order valence-corrected chi connectivity index (χ0v) is 16.8. The minimum atomic E-state index is -0.422. The summed E-state index contributed by atoms with van der Waals surface area (Å²) in [6, 6.07) is 20.0. The molecule has 0 radical (unpaired) electrons. The van der Waals surface area contributed by atoms with Gasteiger partial charge in [0.05, 0.1) is 4.92 Å². The van der Waals surface area contributed by atoms with E-state index in [2.05, 4.69) is 15.3 Å². The number of benzene rings is 2. The lowest BCUT2D eigenvalue weighted by molar-refractivity contribution is -0.384. The number of H-pyrrole nitrogens is 1. The zero-order chi connectivity index (χ0) is 21.6. The standard InChI is InChI=1S/C24H22N4O3/c29-24(26-14-12-18-5-3-4-13-25-18)15-21(17-8-10-19(11-9-17)28(30)31)22-16-27-23-7-2-1-6-20(22)23/h1-11,13,16,21,27H,12,14-15H2,(H,26,29)/t21-/m1/s1. The van der Waals surface area contributed by atoms with Crippen LogP contribution in [-0.2, 0) is 11.2 Å². The number of nitrogens with zero attached hydrogens (tertiary/aromatic N) is 2. The molecule has 31 heavy (non-hydrogen) atoms. The van der Waals surface area contributed by atoms with Crippen molar-refractivity contribution in [3.8, 4) is 0 Å². The molecule has 2 heterocycles. The van der Waals surface area contributed by atoms with Crippen molar-refractivity contribution in [3.05, 3.63) is 106 Å². The fraction of sp³-hybridized carbons (Fsp3) is 0.167.